The van der Waals surface area contributed by atoms with Crippen LogP contribution in [0.3, 0.4) is 0 Å². The van der Waals surface area contributed by atoms with Crippen LogP contribution in [0.2, 0.25) is 5.02 Å². The van der Waals surface area contributed by atoms with E-state index < -0.39 is 0 Å². The van der Waals surface area contributed by atoms with Crippen LogP contribution in [-0.4, -0.2) is 18.4 Å². The largest absolute Gasteiger partial charge is 0.390 e. The van der Waals surface area contributed by atoms with Crippen molar-refractivity contribution >= 4 is 17.3 Å². The second-order valence-corrected chi connectivity index (χ2v) is 3.59. The van der Waals surface area contributed by atoms with E-state index in [9.17, 15) is 0 Å². The molecule has 0 unspecified atom stereocenters. The first-order valence-corrected chi connectivity index (χ1v) is 4.86. The molecule has 0 saturated heterocycles. The molecule has 1 aromatic carbocycles. The maximum absolute atomic E-state index is 6.03. The maximum Gasteiger partial charge on any atom is 0.145 e. The molecule has 0 radical (unpaired) electrons. The highest BCUT2D eigenvalue weighted by Gasteiger charge is 2.21. The summed E-state index contributed by atoms with van der Waals surface area (Å²) in [5, 5.41) is 4.67. The van der Waals surface area contributed by atoms with E-state index in [-0.39, 0.29) is 6.10 Å². The molecule has 0 saturated carbocycles. The Bertz CT molecular complexity index is 365. The zero-order valence-corrected chi connectivity index (χ0v) is 8.37. The van der Waals surface area contributed by atoms with E-state index in [0.29, 0.717) is 11.6 Å². The number of hydrogen-bond acceptors (Lipinski definition) is 3. The minimum atomic E-state index is 0.00118. The van der Waals surface area contributed by atoms with Crippen LogP contribution in [0.1, 0.15) is 12.0 Å². The molecule has 74 valence electrons. The van der Waals surface area contributed by atoms with Gasteiger partial charge in [0.2, 0.25) is 0 Å². The molecule has 0 aliphatic carbocycles. The second-order valence-electron chi connectivity index (χ2n) is 3.19. The Balaban J connectivity index is 2.22. The predicted octanol–water partition coefficient (Wildman–Crippen LogP) is 1.79. The van der Waals surface area contributed by atoms with E-state index >= 15 is 0 Å². The normalized spacial score (nSPS) is 20.4. The molecular formula is C10H11ClN2O. The Kier molecular flexibility index (Phi) is 2.70. The molecule has 0 spiro atoms. The molecule has 0 fully saturated rings. The summed E-state index contributed by atoms with van der Waals surface area (Å²) in [6.45, 7) is 0.484. The van der Waals surface area contributed by atoms with Crippen LogP contribution < -0.4 is 5.73 Å². The van der Waals surface area contributed by atoms with Crippen LogP contribution in [0, 0.1) is 0 Å². The van der Waals surface area contributed by atoms with Crippen molar-refractivity contribution in [1.82, 2.24) is 0 Å². The van der Waals surface area contributed by atoms with Crippen molar-refractivity contribution in [1.29, 1.82) is 0 Å². The highest BCUT2D eigenvalue weighted by atomic mass is 35.5. The van der Waals surface area contributed by atoms with Crippen LogP contribution in [0.25, 0.3) is 0 Å². The lowest BCUT2D eigenvalue weighted by molar-refractivity contribution is 0.0918. The number of rotatable bonds is 2. The summed E-state index contributed by atoms with van der Waals surface area (Å²) in [6.07, 6.45) is 0.738. The van der Waals surface area contributed by atoms with Gasteiger partial charge in [-0.25, -0.2) is 0 Å². The van der Waals surface area contributed by atoms with Gasteiger partial charge in [-0.1, -0.05) is 35.0 Å². The molecule has 4 heteroatoms. The SMILES string of the molecule is NC[C@H]1CC(c2ccccc2Cl)=NO1. The number of benzene rings is 1. The van der Waals surface area contributed by atoms with Gasteiger partial charge in [0.15, 0.2) is 0 Å². The lowest BCUT2D eigenvalue weighted by Gasteiger charge is -2.03. The van der Waals surface area contributed by atoms with Crippen molar-refractivity contribution in [2.24, 2.45) is 10.9 Å². The van der Waals surface area contributed by atoms with E-state index in [1.807, 2.05) is 24.3 Å². The highest BCUT2D eigenvalue weighted by molar-refractivity contribution is 6.34. The Morgan fingerprint density at radius 1 is 1.50 bits per heavy atom. The van der Waals surface area contributed by atoms with Crippen molar-refractivity contribution < 1.29 is 4.84 Å². The minimum Gasteiger partial charge on any atom is -0.390 e. The van der Waals surface area contributed by atoms with E-state index in [1.54, 1.807) is 0 Å². The molecule has 3 nitrogen and oxygen atoms in total. The van der Waals surface area contributed by atoms with Gasteiger partial charge in [0.25, 0.3) is 0 Å². The molecule has 14 heavy (non-hydrogen) atoms. The first-order chi connectivity index (χ1) is 6.81. The molecule has 2 N–H and O–H groups in total. The molecular weight excluding hydrogens is 200 g/mol. The third kappa shape index (κ3) is 1.74. The summed E-state index contributed by atoms with van der Waals surface area (Å²) < 4.78 is 0. The van der Waals surface area contributed by atoms with E-state index in [0.717, 1.165) is 17.7 Å². The van der Waals surface area contributed by atoms with Gasteiger partial charge in [0.05, 0.1) is 5.71 Å². The van der Waals surface area contributed by atoms with Gasteiger partial charge < -0.3 is 10.6 Å². The van der Waals surface area contributed by atoms with Crippen molar-refractivity contribution in [2.75, 3.05) is 6.54 Å². The predicted molar refractivity (Wildman–Crippen MR) is 56.5 cm³/mol. The average molecular weight is 211 g/mol. The van der Waals surface area contributed by atoms with Crippen LogP contribution in [-0.2, 0) is 4.84 Å². The van der Waals surface area contributed by atoms with Gasteiger partial charge in [-0.2, -0.15) is 0 Å². The summed E-state index contributed by atoms with van der Waals surface area (Å²) in [7, 11) is 0. The van der Waals surface area contributed by atoms with Gasteiger partial charge in [0, 0.05) is 23.6 Å². The van der Waals surface area contributed by atoms with Crippen molar-refractivity contribution in [3.63, 3.8) is 0 Å². The topological polar surface area (TPSA) is 47.6 Å². The lowest BCUT2D eigenvalue weighted by Crippen LogP contribution is -2.20. The molecule has 1 atom stereocenters. The average Bonchev–Trinajstić information content (AvgIpc) is 2.67. The second kappa shape index (κ2) is 3.98. The smallest absolute Gasteiger partial charge is 0.145 e. The first kappa shape index (κ1) is 9.49. The Morgan fingerprint density at radius 3 is 2.93 bits per heavy atom. The minimum absolute atomic E-state index is 0.00118. The number of oxime groups is 1. The zero-order valence-electron chi connectivity index (χ0n) is 7.61. The van der Waals surface area contributed by atoms with E-state index in [4.69, 9.17) is 22.2 Å². The molecule has 1 aromatic rings. The summed E-state index contributed by atoms with van der Waals surface area (Å²) in [4.78, 5) is 5.13. The van der Waals surface area contributed by atoms with Crippen molar-refractivity contribution in [3.8, 4) is 0 Å². The van der Waals surface area contributed by atoms with Crippen LogP contribution in [0.15, 0.2) is 29.4 Å². The third-order valence-corrected chi connectivity index (χ3v) is 2.51. The molecule has 1 aliphatic rings. The first-order valence-electron chi connectivity index (χ1n) is 4.49. The van der Waals surface area contributed by atoms with Crippen molar-refractivity contribution in [2.45, 2.75) is 12.5 Å². The molecule has 1 aliphatic heterocycles. The standard InChI is InChI=1S/C10H11ClN2O/c11-9-4-2-1-3-8(9)10-5-7(6-12)14-13-10/h1-4,7H,5-6,12H2/t7-/m1/s1. The molecule has 1 heterocycles. The summed E-state index contributed by atoms with van der Waals surface area (Å²) >= 11 is 6.03. The quantitative estimate of drug-likeness (QED) is 0.809. The van der Waals surface area contributed by atoms with Gasteiger partial charge in [0.1, 0.15) is 6.10 Å². The molecule has 0 amide bonds. The maximum atomic E-state index is 6.03. The zero-order chi connectivity index (χ0) is 9.97. The van der Waals surface area contributed by atoms with Crippen LogP contribution >= 0.6 is 11.6 Å². The Hall–Kier alpha value is -1.06. The summed E-state index contributed by atoms with van der Waals surface area (Å²) in [5.74, 6) is 0. The molecule has 0 bridgehead atoms. The Morgan fingerprint density at radius 2 is 2.29 bits per heavy atom. The van der Waals surface area contributed by atoms with Crippen molar-refractivity contribution in [3.05, 3.63) is 34.9 Å². The fraction of sp³-hybridized carbons (Fsp3) is 0.300. The van der Waals surface area contributed by atoms with Gasteiger partial charge >= 0.3 is 0 Å². The third-order valence-electron chi connectivity index (χ3n) is 2.18. The summed E-state index contributed by atoms with van der Waals surface area (Å²) in [6, 6.07) is 7.60. The summed E-state index contributed by atoms with van der Waals surface area (Å²) in [5.41, 5.74) is 7.30. The van der Waals surface area contributed by atoms with Gasteiger partial charge in [-0.05, 0) is 6.07 Å². The number of halogens is 1. The van der Waals surface area contributed by atoms with Gasteiger partial charge in [-0.15, -0.1) is 0 Å². The van der Waals surface area contributed by atoms with Gasteiger partial charge in [-0.3, -0.25) is 0 Å². The molecule has 0 aromatic heterocycles. The number of nitrogens with zero attached hydrogens (tertiary/aromatic N) is 1. The Labute approximate surface area is 87.5 Å². The monoisotopic (exact) mass is 210 g/mol. The lowest BCUT2D eigenvalue weighted by atomic mass is 10.1. The molecule has 2 rings (SSSR count). The van der Waals surface area contributed by atoms with Crippen LogP contribution in [0.4, 0.5) is 0 Å². The van der Waals surface area contributed by atoms with E-state index in [1.165, 1.54) is 0 Å². The number of nitrogens with two attached hydrogens (primary N) is 1. The fourth-order valence-corrected chi connectivity index (χ4v) is 1.65. The van der Waals surface area contributed by atoms with Crippen LogP contribution in [0.5, 0.6) is 0 Å². The fourth-order valence-electron chi connectivity index (χ4n) is 1.41. The van der Waals surface area contributed by atoms with E-state index in [2.05, 4.69) is 5.16 Å². The number of hydrogen-bond donors (Lipinski definition) is 1. The highest BCUT2D eigenvalue weighted by Crippen LogP contribution is 2.22.